The van der Waals surface area contributed by atoms with Crippen molar-refractivity contribution in [2.45, 2.75) is 58.4 Å². The first-order valence-electron chi connectivity index (χ1n) is 8.05. The first kappa shape index (κ1) is 15.9. The molecule has 0 radical (unpaired) electrons. The number of likely N-dealkylation sites (tertiary alicyclic amines) is 1. The highest BCUT2D eigenvalue weighted by Crippen LogP contribution is 2.12. The zero-order valence-corrected chi connectivity index (χ0v) is 13.4. The lowest BCUT2D eigenvalue weighted by Crippen LogP contribution is -2.45. The van der Waals surface area contributed by atoms with Gasteiger partial charge in [0.25, 0.3) is 5.91 Å². The van der Waals surface area contributed by atoms with Gasteiger partial charge in [-0.15, -0.1) is 5.10 Å². The van der Waals surface area contributed by atoms with Crippen LogP contribution in [0.1, 0.15) is 68.8 Å². The van der Waals surface area contributed by atoms with Crippen molar-refractivity contribution in [1.29, 1.82) is 0 Å². The molecule has 118 valence electrons. The van der Waals surface area contributed by atoms with E-state index >= 15 is 0 Å². The number of hydrogen-bond donors (Lipinski definition) is 2. The second-order valence-corrected chi connectivity index (χ2v) is 6.14. The number of nitrogens with zero attached hydrogens (tertiary/aromatic N) is 3. The molecule has 0 aromatic carbocycles. The summed E-state index contributed by atoms with van der Waals surface area (Å²) in [7, 11) is 0. The van der Waals surface area contributed by atoms with E-state index in [-0.39, 0.29) is 23.7 Å². The summed E-state index contributed by atoms with van der Waals surface area (Å²) in [6, 6.07) is 0.247. The van der Waals surface area contributed by atoms with Gasteiger partial charge in [-0.05, 0) is 25.8 Å². The van der Waals surface area contributed by atoms with Crippen molar-refractivity contribution in [2.75, 3.05) is 19.6 Å². The molecule has 0 bridgehead atoms. The molecule has 2 N–H and O–H groups in total. The smallest absolute Gasteiger partial charge is 0.291 e. The third kappa shape index (κ3) is 4.52. The Morgan fingerprint density at radius 3 is 2.71 bits per heavy atom. The number of carbonyl (C=O) groups is 1. The summed E-state index contributed by atoms with van der Waals surface area (Å²) in [5.41, 5.74) is 0. The van der Waals surface area contributed by atoms with Gasteiger partial charge in [-0.25, -0.2) is 4.98 Å². The van der Waals surface area contributed by atoms with Gasteiger partial charge in [0, 0.05) is 25.0 Å². The van der Waals surface area contributed by atoms with Crippen LogP contribution in [-0.4, -0.2) is 51.7 Å². The number of hydrogen-bond acceptors (Lipinski definition) is 4. The van der Waals surface area contributed by atoms with Crippen LogP contribution >= 0.6 is 0 Å². The van der Waals surface area contributed by atoms with Crippen LogP contribution in [0.5, 0.6) is 0 Å². The van der Waals surface area contributed by atoms with Crippen LogP contribution in [0, 0.1) is 0 Å². The zero-order valence-electron chi connectivity index (χ0n) is 13.4. The Kier molecular flexibility index (Phi) is 5.73. The summed E-state index contributed by atoms with van der Waals surface area (Å²) < 4.78 is 0. The Hall–Kier alpha value is -1.43. The van der Waals surface area contributed by atoms with Crippen molar-refractivity contribution in [3.05, 3.63) is 11.6 Å². The monoisotopic (exact) mass is 293 g/mol. The van der Waals surface area contributed by atoms with E-state index in [2.05, 4.69) is 32.3 Å². The largest absolute Gasteiger partial charge is 0.346 e. The lowest BCUT2D eigenvalue weighted by Gasteiger charge is -2.32. The molecule has 1 amide bonds. The van der Waals surface area contributed by atoms with Gasteiger partial charge < -0.3 is 10.2 Å². The van der Waals surface area contributed by atoms with E-state index in [0.29, 0.717) is 0 Å². The van der Waals surface area contributed by atoms with Crippen LogP contribution in [0.2, 0.25) is 0 Å². The molecule has 1 aliphatic heterocycles. The van der Waals surface area contributed by atoms with Gasteiger partial charge in [-0.2, -0.15) is 0 Å². The van der Waals surface area contributed by atoms with Crippen LogP contribution in [0.3, 0.4) is 0 Å². The lowest BCUT2D eigenvalue weighted by atomic mass is 10.0. The number of nitrogens with one attached hydrogen (secondary N) is 2. The number of H-pyrrole nitrogens is 1. The van der Waals surface area contributed by atoms with Crippen LogP contribution in [0.4, 0.5) is 0 Å². The molecule has 6 nitrogen and oxygen atoms in total. The molecule has 21 heavy (non-hydrogen) atoms. The standard InChI is InChI=1S/C15H27N5O/c1-4-5-8-20-9-6-12(7-10-20)16-15(21)14-17-13(11(2)3)18-19-14/h11-12H,4-10H2,1-3H3,(H,16,21)(H,17,18,19). The number of rotatable bonds is 6. The first-order valence-corrected chi connectivity index (χ1v) is 8.05. The molecule has 0 aliphatic carbocycles. The van der Waals surface area contributed by atoms with Gasteiger partial charge in [0.15, 0.2) is 0 Å². The van der Waals surface area contributed by atoms with Gasteiger partial charge in [0.1, 0.15) is 5.82 Å². The van der Waals surface area contributed by atoms with Gasteiger partial charge in [0.2, 0.25) is 5.82 Å². The molecule has 1 fully saturated rings. The van der Waals surface area contributed by atoms with E-state index in [9.17, 15) is 4.79 Å². The highest BCUT2D eigenvalue weighted by molar-refractivity contribution is 5.90. The number of aromatic amines is 1. The summed E-state index contributed by atoms with van der Waals surface area (Å²) >= 11 is 0. The molecule has 6 heteroatoms. The van der Waals surface area contributed by atoms with E-state index in [1.54, 1.807) is 0 Å². The predicted molar refractivity (Wildman–Crippen MR) is 82.3 cm³/mol. The Bertz CT molecular complexity index is 449. The number of aromatic nitrogens is 3. The third-order valence-electron chi connectivity index (χ3n) is 4.00. The van der Waals surface area contributed by atoms with Gasteiger partial charge in [-0.3, -0.25) is 9.89 Å². The molecule has 0 saturated carbocycles. The molecule has 1 aromatic heterocycles. The molecule has 1 saturated heterocycles. The maximum atomic E-state index is 12.1. The Balaban J connectivity index is 1.78. The molecule has 0 unspecified atom stereocenters. The zero-order chi connectivity index (χ0) is 15.2. The van der Waals surface area contributed by atoms with Crippen molar-refractivity contribution in [2.24, 2.45) is 0 Å². The summed E-state index contributed by atoms with van der Waals surface area (Å²) in [5.74, 6) is 1.10. The van der Waals surface area contributed by atoms with E-state index in [4.69, 9.17) is 0 Å². The Labute approximate surface area is 126 Å². The van der Waals surface area contributed by atoms with Gasteiger partial charge >= 0.3 is 0 Å². The van der Waals surface area contributed by atoms with Crippen LogP contribution in [-0.2, 0) is 0 Å². The van der Waals surface area contributed by atoms with E-state index in [1.807, 2.05) is 13.8 Å². The van der Waals surface area contributed by atoms with Gasteiger partial charge in [-0.1, -0.05) is 27.2 Å². The maximum Gasteiger partial charge on any atom is 0.291 e. The third-order valence-corrected chi connectivity index (χ3v) is 4.00. The fourth-order valence-corrected chi connectivity index (χ4v) is 2.57. The van der Waals surface area contributed by atoms with Crippen LogP contribution in [0.25, 0.3) is 0 Å². The van der Waals surface area contributed by atoms with Crippen molar-refractivity contribution < 1.29 is 4.79 Å². The quantitative estimate of drug-likeness (QED) is 0.840. The number of carbonyl (C=O) groups excluding carboxylic acids is 1. The molecule has 0 atom stereocenters. The molecule has 1 aliphatic rings. The molecule has 2 rings (SSSR count). The second kappa shape index (κ2) is 7.54. The second-order valence-electron chi connectivity index (χ2n) is 6.14. The fraction of sp³-hybridized carbons (Fsp3) is 0.800. The van der Waals surface area contributed by atoms with Crippen LogP contribution in [0.15, 0.2) is 0 Å². The van der Waals surface area contributed by atoms with E-state index in [1.165, 1.54) is 19.4 Å². The minimum atomic E-state index is -0.162. The Morgan fingerprint density at radius 2 is 2.14 bits per heavy atom. The van der Waals surface area contributed by atoms with E-state index in [0.717, 1.165) is 31.8 Å². The predicted octanol–water partition coefficient (Wildman–Crippen LogP) is 1.92. The summed E-state index contributed by atoms with van der Waals surface area (Å²) in [4.78, 5) is 18.9. The maximum absolute atomic E-state index is 12.1. The summed E-state index contributed by atoms with van der Waals surface area (Å²) in [6.45, 7) is 9.57. The highest BCUT2D eigenvalue weighted by Gasteiger charge is 2.22. The molecular formula is C15H27N5O. The van der Waals surface area contributed by atoms with Gasteiger partial charge in [0.05, 0.1) is 0 Å². The fourth-order valence-electron chi connectivity index (χ4n) is 2.57. The first-order chi connectivity index (χ1) is 10.1. The molecule has 1 aromatic rings. The minimum absolute atomic E-state index is 0.162. The number of amides is 1. The number of piperidine rings is 1. The Morgan fingerprint density at radius 1 is 1.43 bits per heavy atom. The summed E-state index contributed by atoms with van der Waals surface area (Å²) in [5, 5.41) is 9.88. The van der Waals surface area contributed by atoms with Crippen molar-refractivity contribution in [3.63, 3.8) is 0 Å². The van der Waals surface area contributed by atoms with Crippen LogP contribution < -0.4 is 5.32 Å². The summed E-state index contributed by atoms with van der Waals surface area (Å²) in [6.07, 6.45) is 4.51. The van der Waals surface area contributed by atoms with Crippen molar-refractivity contribution in [1.82, 2.24) is 25.4 Å². The highest BCUT2D eigenvalue weighted by atomic mass is 16.2. The molecule has 2 heterocycles. The van der Waals surface area contributed by atoms with Crippen molar-refractivity contribution in [3.8, 4) is 0 Å². The van der Waals surface area contributed by atoms with E-state index < -0.39 is 0 Å². The lowest BCUT2D eigenvalue weighted by molar-refractivity contribution is 0.0900. The normalized spacial score (nSPS) is 17.3. The molecule has 0 spiro atoms. The number of unbranched alkanes of at least 4 members (excludes halogenated alkanes) is 1. The van der Waals surface area contributed by atoms with Crippen molar-refractivity contribution >= 4 is 5.91 Å². The minimum Gasteiger partial charge on any atom is -0.346 e. The average Bonchev–Trinajstić information content (AvgIpc) is 2.97. The molecular weight excluding hydrogens is 266 g/mol. The topological polar surface area (TPSA) is 73.9 Å². The SMILES string of the molecule is CCCCN1CCC(NC(=O)c2n[nH]c(C(C)C)n2)CC1. The average molecular weight is 293 g/mol.